The van der Waals surface area contributed by atoms with Gasteiger partial charge in [-0.05, 0) is 57.0 Å². The van der Waals surface area contributed by atoms with E-state index in [1.54, 1.807) is 24.4 Å². The SMILES string of the molecule is CCn1cc(C(=O)Nc2c(C)cc(C)cc2C)c(=O)c2cc(Cl)ccc21. The number of hydrogen-bond donors (Lipinski definition) is 1. The molecule has 1 N–H and O–H groups in total. The smallest absolute Gasteiger partial charge is 0.261 e. The summed E-state index contributed by atoms with van der Waals surface area (Å²) < 4.78 is 1.89. The van der Waals surface area contributed by atoms with E-state index in [1.165, 1.54) is 0 Å². The van der Waals surface area contributed by atoms with Crippen LogP contribution in [0.5, 0.6) is 0 Å². The summed E-state index contributed by atoms with van der Waals surface area (Å²) in [6.45, 7) is 8.51. The van der Waals surface area contributed by atoms with E-state index in [4.69, 9.17) is 11.6 Å². The molecule has 1 amide bonds. The van der Waals surface area contributed by atoms with Gasteiger partial charge in [-0.3, -0.25) is 9.59 Å². The lowest BCUT2D eigenvalue weighted by atomic mass is 10.0. The van der Waals surface area contributed by atoms with Crippen LogP contribution < -0.4 is 10.7 Å². The molecule has 26 heavy (non-hydrogen) atoms. The molecule has 0 spiro atoms. The van der Waals surface area contributed by atoms with Crippen molar-refractivity contribution in [3.63, 3.8) is 0 Å². The van der Waals surface area contributed by atoms with Gasteiger partial charge in [0.05, 0.1) is 5.52 Å². The molecular weight excluding hydrogens is 348 g/mol. The number of rotatable bonds is 3. The number of pyridine rings is 1. The van der Waals surface area contributed by atoms with Crippen LogP contribution in [0.3, 0.4) is 0 Å². The highest BCUT2D eigenvalue weighted by Gasteiger charge is 2.17. The van der Waals surface area contributed by atoms with E-state index in [0.29, 0.717) is 17.0 Å². The summed E-state index contributed by atoms with van der Waals surface area (Å²) in [4.78, 5) is 25.7. The van der Waals surface area contributed by atoms with Gasteiger partial charge in [-0.1, -0.05) is 29.3 Å². The molecule has 0 atom stereocenters. The fraction of sp³-hybridized carbons (Fsp3) is 0.238. The van der Waals surface area contributed by atoms with Crippen molar-refractivity contribution in [1.82, 2.24) is 4.57 Å². The average molecular weight is 369 g/mol. The van der Waals surface area contributed by atoms with Gasteiger partial charge in [0, 0.05) is 28.8 Å². The lowest BCUT2D eigenvalue weighted by Crippen LogP contribution is -2.24. The first-order chi connectivity index (χ1) is 12.3. The molecule has 134 valence electrons. The van der Waals surface area contributed by atoms with E-state index in [-0.39, 0.29) is 11.0 Å². The first-order valence-electron chi connectivity index (χ1n) is 8.53. The van der Waals surface area contributed by atoms with Crippen molar-refractivity contribution in [2.24, 2.45) is 0 Å². The molecular formula is C21H21ClN2O2. The van der Waals surface area contributed by atoms with Crippen molar-refractivity contribution in [1.29, 1.82) is 0 Å². The Balaban J connectivity index is 2.12. The molecule has 1 heterocycles. The monoisotopic (exact) mass is 368 g/mol. The minimum atomic E-state index is -0.408. The van der Waals surface area contributed by atoms with Crippen molar-refractivity contribution >= 4 is 34.1 Å². The van der Waals surface area contributed by atoms with Crippen molar-refractivity contribution < 1.29 is 4.79 Å². The van der Waals surface area contributed by atoms with Gasteiger partial charge in [0.1, 0.15) is 5.56 Å². The first-order valence-corrected chi connectivity index (χ1v) is 8.91. The van der Waals surface area contributed by atoms with Crippen LogP contribution in [0.25, 0.3) is 10.9 Å². The number of fused-ring (bicyclic) bond motifs is 1. The number of halogens is 1. The molecule has 0 saturated heterocycles. The molecule has 3 rings (SSSR count). The Hall–Kier alpha value is -2.59. The summed E-state index contributed by atoms with van der Waals surface area (Å²) >= 11 is 6.06. The van der Waals surface area contributed by atoms with Gasteiger partial charge in [-0.15, -0.1) is 0 Å². The molecule has 0 bridgehead atoms. The normalized spacial score (nSPS) is 11.0. The Morgan fingerprint density at radius 3 is 2.38 bits per heavy atom. The number of aryl methyl sites for hydroxylation is 4. The van der Waals surface area contributed by atoms with Crippen molar-refractivity contribution in [2.45, 2.75) is 34.2 Å². The molecule has 4 nitrogen and oxygen atoms in total. The highest BCUT2D eigenvalue weighted by atomic mass is 35.5. The predicted molar refractivity (Wildman–Crippen MR) is 107 cm³/mol. The Morgan fingerprint density at radius 1 is 1.12 bits per heavy atom. The van der Waals surface area contributed by atoms with E-state index >= 15 is 0 Å². The molecule has 0 aliphatic rings. The largest absolute Gasteiger partial charge is 0.347 e. The van der Waals surface area contributed by atoms with Gasteiger partial charge in [0.25, 0.3) is 5.91 Å². The molecule has 3 aromatic rings. The third-order valence-corrected chi connectivity index (χ3v) is 4.78. The standard InChI is InChI=1S/C21H21ClN2O2/c1-5-24-11-17(20(25)16-10-15(22)6-7-18(16)24)21(26)23-19-13(3)8-12(2)9-14(19)4/h6-11H,5H2,1-4H3,(H,23,26). The third-order valence-electron chi connectivity index (χ3n) is 4.54. The molecule has 0 aliphatic heterocycles. The molecule has 0 aliphatic carbocycles. The zero-order valence-corrected chi connectivity index (χ0v) is 16.1. The highest BCUT2D eigenvalue weighted by molar-refractivity contribution is 6.31. The minimum absolute atomic E-state index is 0.112. The lowest BCUT2D eigenvalue weighted by molar-refractivity contribution is 0.102. The fourth-order valence-electron chi connectivity index (χ4n) is 3.35. The van der Waals surface area contributed by atoms with Crippen LogP contribution in [0.1, 0.15) is 34.0 Å². The van der Waals surface area contributed by atoms with Gasteiger partial charge in [0.2, 0.25) is 5.43 Å². The summed E-state index contributed by atoms with van der Waals surface area (Å²) in [5, 5.41) is 3.83. The zero-order valence-electron chi connectivity index (χ0n) is 15.3. The molecule has 0 fully saturated rings. The second-order valence-electron chi connectivity index (χ2n) is 6.55. The number of carbonyl (C=O) groups is 1. The number of aromatic nitrogens is 1. The van der Waals surface area contributed by atoms with Gasteiger partial charge < -0.3 is 9.88 Å². The van der Waals surface area contributed by atoms with Crippen molar-refractivity contribution in [2.75, 3.05) is 5.32 Å². The summed E-state index contributed by atoms with van der Waals surface area (Å²) in [6.07, 6.45) is 1.62. The summed E-state index contributed by atoms with van der Waals surface area (Å²) in [5.74, 6) is -0.408. The number of benzene rings is 2. The topological polar surface area (TPSA) is 51.1 Å². The van der Waals surface area contributed by atoms with E-state index < -0.39 is 5.91 Å². The molecule has 2 aromatic carbocycles. The minimum Gasteiger partial charge on any atom is -0.347 e. The van der Waals surface area contributed by atoms with Crippen LogP contribution in [0.15, 0.2) is 41.3 Å². The quantitative estimate of drug-likeness (QED) is 0.718. The van der Waals surface area contributed by atoms with Crippen LogP contribution in [-0.4, -0.2) is 10.5 Å². The van der Waals surface area contributed by atoms with Crippen LogP contribution >= 0.6 is 11.6 Å². The third kappa shape index (κ3) is 3.25. The second kappa shape index (κ2) is 6.96. The number of carbonyl (C=O) groups excluding carboxylic acids is 1. The lowest BCUT2D eigenvalue weighted by Gasteiger charge is -2.15. The Labute approximate surface area is 157 Å². The summed E-state index contributed by atoms with van der Waals surface area (Å²) in [6, 6.07) is 9.18. The molecule has 0 saturated carbocycles. The number of anilines is 1. The van der Waals surface area contributed by atoms with Crippen LogP contribution in [0.2, 0.25) is 5.02 Å². The summed E-state index contributed by atoms with van der Waals surface area (Å²) in [7, 11) is 0. The number of nitrogens with zero attached hydrogens (tertiary/aromatic N) is 1. The van der Waals surface area contributed by atoms with E-state index in [0.717, 1.165) is 27.9 Å². The zero-order chi connectivity index (χ0) is 19.0. The van der Waals surface area contributed by atoms with E-state index in [9.17, 15) is 9.59 Å². The van der Waals surface area contributed by atoms with Crippen LogP contribution in [0.4, 0.5) is 5.69 Å². The van der Waals surface area contributed by atoms with Crippen LogP contribution in [-0.2, 0) is 6.54 Å². The van der Waals surface area contributed by atoms with Crippen LogP contribution in [0, 0.1) is 20.8 Å². The summed E-state index contributed by atoms with van der Waals surface area (Å²) in [5.41, 5.74) is 4.38. The predicted octanol–water partition coefficient (Wildman–Crippen LogP) is 4.85. The van der Waals surface area contributed by atoms with Crippen molar-refractivity contribution in [3.05, 3.63) is 74.0 Å². The first kappa shape index (κ1) is 18.2. The molecule has 5 heteroatoms. The number of amides is 1. The van der Waals surface area contributed by atoms with Gasteiger partial charge in [-0.2, -0.15) is 0 Å². The Bertz CT molecular complexity index is 1060. The fourth-order valence-corrected chi connectivity index (χ4v) is 3.52. The average Bonchev–Trinajstić information content (AvgIpc) is 2.58. The number of hydrogen-bond acceptors (Lipinski definition) is 2. The second-order valence-corrected chi connectivity index (χ2v) is 6.98. The van der Waals surface area contributed by atoms with Gasteiger partial charge >= 0.3 is 0 Å². The Morgan fingerprint density at radius 2 is 1.77 bits per heavy atom. The van der Waals surface area contributed by atoms with Crippen molar-refractivity contribution in [3.8, 4) is 0 Å². The molecule has 0 radical (unpaired) electrons. The van der Waals surface area contributed by atoms with E-state index in [2.05, 4.69) is 5.32 Å². The van der Waals surface area contributed by atoms with Gasteiger partial charge in [-0.25, -0.2) is 0 Å². The Kier molecular flexibility index (Phi) is 4.88. The number of nitrogens with one attached hydrogen (secondary N) is 1. The maximum Gasteiger partial charge on any atom is 0.261 e. The molecule has 1 aromatic heterocycles. The van der Waals surface area contributed by atoms with Gasteiger partial charge in [0.15, 0.2) is 0 Å². The highest BCUT2D eigenvalue weighted by Crippen LogP contribution is 2.23. The maximum absolute atomic E-state index is 12.9. The maximum atomic E-state index is 12.9. The van der Waals surface area contributed by atoms with E-state index in [1.807, 2.05) is 44.4 Å². The molecule has 0 unspecified atom stereocenters.